The minimum Gasteiger partial charge on any atom is -0.327 e. The zero-order chi connectivity index (χ0) is 19.4. The molecule has 1 aromatic rings. The van der Waals surface area contributed by atoms with Gasteiger partial charge in [-0.25, -0.2) is 0 Å². The van der Waals surface area contributed by atoms with Crippen molar-refractivity contribution < 1.29 is 4.90 Å². The van der Waals surface area contributed by atoms with E-state index in [1.807, 2.05) is 25.1 Å². The van der Waals surface area contributed by atoms with Gasteiger partial charge >= 0.3 is 0 Å². The predicted molar refractivity (Wildman–Crippen MR) is 101 cm³/mol. The van der Waals surface area contributed by atoms with Crippen molar-refractivity contribution in [3.63, 3.8) is 0 Å². The van der Waals surface area contributed by atoms with Crippen LogP contribution in [0.3, 0.4) is 0 Å². The third kappa shape index (κ3) is 3.14. The molecule has 0 spiro atoms. The Bertz CT molecular complexity index is 851. The molecule has 5 heteroatoms. The average molecular weight is 358 g/mol. The van der Waals surface area contributed by atoms with Gasteiger partial charge in [0.1, 0.15) is 12.5 Å². The summed E-state index contributed by atoms with van der Waals surface area (Å²) in [6.07, 6.45) is 3.65. The average Bonchev–Trinajstić information content (AvgIpc) is 2.70. The molecule has 0 saturated heterocycles. The van der Waals surface area contributed by atoms with E-state index in [1.165, 1.54) is 10.5 Å². The van der Waals surface area contributed by atoms with Crippen LogP contribution in [0.15, 0.2) is 42.0 Å². The molecular weight excluding hydrogens is 334 g/mol. The van der Waals surface area contributed by atoms with E-state index in [0.29, 0.717) is 6.42 Å². The Morgan fingerprint density at radius 3 is 2.48 bits per heavy atom. The summed E-state index contributed by atoms with van der Waals surface area (Å²) in [6.45, 7) is 4.51. The highest BCUT2D eigenvalue weighted by molar-refractivity contribution is 5.99. The van der Waals surface area contributed by atoms with E-state index in [4.69, 9.17) is 5.41 Å². The smallest absolute Gasteiger partial charge is 0.185 e. The lowest BCUT2D eigenvalue weighted by molar-refractivity contribution is -0.913. The lowest BCUT2D eigenvalue weighted by atomic mass is 9.55. The largest absolute Gasteiger partial charge is 0.327 e. The van der Waals surface area contributed by atoms with Crippen LogP contribution < -0.4 is 4.90 Å². The van der Waals surface area contributed by atoms with Crippen molar-refractivity contribution in [2.24, 2.45) is 23.2 Å². The lowest BCUT2D eigenvalue weighted by Gasteiger charge is -2.46. The minimum absolute atomic E-state index is 0.00420. The SMILES string of the molecule is CCC[C@H]1[C@@H]2C[NH+](Cc3ccccc3)CC=C2[C@@H](C#N)C(=N)C1(C#N)C#N. The molecule has 1 aromatic carbocycles. The van der Waals surface area contributed by atoms with Crippen molar-refractivity contribution >= 4 is 5.71 Å². The minimum atomic E-state index is -1.49. The van der Waals surface area contributed by atoms with Crippen molar-refractivity contribution in [2.75, 3.05) is 13.1 Å². The molecule has 1 fully saturated rings. The zero-order valence-corrected chi connectivity index (χ0v) is 15.6. The Labute approximate surface area is 160 Å². The second kappa shape index (κ2) is 7.75. The van der Waals surface area contributed by atoms with Gasteiger partial charge in [0.2, 0.25) is 0 Å². The van der Waals surface area contributed by atoms with Crippen LogP contribution in [0.5, 0.6) is 0 Å². The van der Waals surface area contributed by atoms with E-state index < -0.39 is 11.3 Å². The number of quaternary nitrogens is 1. The molecule has 0 aromatic heterocycles. The summed E-state index contributed by atoms with van der Waals surface area (Å²) < 4.78 is 0. The number of nitrogens with one attached hydrogen (secondary N) is 2. The summed E-state index contributed by atoms with van der Waals surface area (Å²) in [5.41, 5.74) is 0.693. The number of nitriles is 3. The fraction of sp³-hybridized carbons (Fsp3) is 0.455. The van der Waals surface area contributed by atoms with E-state index in [1.54, 1.807) is 0 Å². The number of nitrogens with zero attached hydrogens (tertiary/aromatic N) is 3. The summed E-state index contributed by atoms with van der Waals surface area (Å²) in [7, 11) is 0. The van der Waals surface area contributed by atoms with E-state index in [-0.39, 0.29) is 17.5 Å². The van der Waals surface area contributed by atoms with Crippen molar-refractivity contribution in [2.45, 2.75) is 26.3 Å². The molecule has 0 bridgehead atoms. The number of rotatable bonds is 4. The Morgan fingerprint density at radius 1 is 1.19 bits per heavy atom. The normalized spacial score (nSPS) is 28.8. The van der Waals surface area contributed by atoms with Crippen LogP contribution in [0, 0.1) is 62.6 Å². The molecule has 5 nitrogen and oxygen atoms in total. The molecule has 1 heterocycles. The molecule has 27 heavy (non-hydrogen) atoms. The van der Waals surface area contributed by atoms with Crippen molar-refractivity contribution in [3.05, 3.63) is 47.5 Å². The summed E-state index contributed by atoms with van der Waals surface area (Å²) in [5, 5.41) is 37.9. The van der Waals surface area contributed by atoms with Gasteiger partial charge in [0, 0.05) is 17.4 Å². The standard InChI is InChI=1S/C22H23N5/c1-2-6-20-19-13-27(12-16-7-4-3-5-8-16)10-9-17(19)18(11-23)21(26)22(20,14-24)15-25/h3-5,7-9,18-20,26H,2,6,10,12-13H2,1H3/p+1/t18-,19-,20+/m1/s1. The summed E-state index contributed by atoms with van der Waals surface area (Å²) in [6, 6.07) is 16.8. The lowest BCUT2D eigenvalue weighted by Crippen LogP contribution is -3.12. The summed E-state index contributed by atoms with van der Waals surface area (Å²) in [4.78, 5) is 1.37. The van der Waals surface area contributed by atoms with Gasteiger partial charge in [0.05, 0.1) is 37.0 Å². The molecule has 0 amide bonds. The van der Waals surface area contributed by atoms with Gasteiger partial charge in [-0.2, -0.15) is 15.8 Å². The quantitative estimate of drug-likeness (QED) is 0.807. The van der Waals surface area contributed by atoms with Crippen molar-refractivity contribution in [1.82, 2.24) is 0 Å². The molecule has 2 aliphatic rings. The van der Waals surface area contributed by atoms with Crippen molar-refractivity contribution in [1.29, 1.82) is 21.2 Å². The van der Waals surface area contributed by atoms with Crippen LogP contribution in [0.25, 0.3) is 0 Å². The third-order valence-electron chi connectivity index (χ3n) is 6.03. The summed E-state index contributed by atoms with van der Waals surface area (Å²) in [5.74, 6) is -0.983. The maximum Gasteiger partial charge on any atom is 0.185 e. The fourth-order valence-corrected chi connectivity index (χ4v) is 4.74. The molecule has 4 atom stereocenters. The van der Waals surface area contributed by atoms with Crippen LogP contribution >= 0.6 is 0 Å². The number of fused-ring (bicyclic) bond motifs is 1. The van der Waals surface area contributed by atoms with E-state index in [0.717, 1.165) is 31.6 Å². The summed E-state index contributed by atoms with van der Waals surface area (Å²) >= 11 is 0. The number of hydrogen-bond donors (Lipinski definition) is 2. The van der Waals surface area contributed by atoms with Gasteiger partial charge in [0.25, 0.3) is 0 Å². The molecular formula is C22H24N5+. The van der Waals surface area contributed by atoms with E-state index in [9.17, 15) is 15.8 Å². The fourth-order valence-electron chi connectivity index (χ4n) is 4.74. The van der Waals surface area contributed by atoms with E-state index >= 15 is 0 Å². The van der Waals surface area contributed by atoms with E-state index in [2.05, 4.69) is 36.4 Å². The number of hydrogen-bond acceptors (Lipinski definition) is 4. The van der Waals surface area contributed by atoms with Gasteiger partial charge in [-0.05, 0) is 18.1 Å². The zero-order valence-electron chi connectivity index (χ0n) is 15.6. The molecule has 0 radical (unpaired) electrons. The van der Waals surface area contributed by atoms with Gasteiger partial charge in [-0.15, -0.1) is 0 Å². The monoisotopic (exact) mass is 358 g/mol. The molecule has 1 saturated carbocycles. The van der Waals surface area contributed by atoms with Crippen LogP contribution in [-0.4, -0.2) is 18.8 Å². The first-order chi connectivity index (χ1) is 13.1. The van der Waals surface area contributed by atoms with Gasteiger partial charge in [0.15, 0.2) is 5.41 Å². The Kier molecular flexibility index (Phi) is 5.41. The molecule has 136 valence electrons. The Morgan fingerprint density at radius 2 is 1.89 bits per heavy atom. The topological polar surface area (TPSA) is 99.7 Å². The molecule has 3 rings (SSSR count). The number of benzene rings is 1. The highest BCUT2D eigenvalue weighted by atomic mass is 15.1. The Balaban J connectivity index is 1.98. The van der Waals surface area contributed by atoms with Gasteiger partial charge in [-0.3, -0.25) is 0 Å². The predicted octanol–water partition coefficient (Wildman–Crippen LogP) is 2.25. The third-order valence-corrected chi connectivity index (χ3v) is 6.03. The molecule has 1 aliphatic heterocycles. The first-order valence-electron chi connectivity index (χ1n) is 9.49. The highest BCUT2D eigenvalue weighted by Gasteiger charge is 2.57. The van der Waals surface area contributed by atoms with Crippen molar-refractivity contribution in [3.8, 4) is 18.2 Å². The maximum atomic E-state index is 9.86. The van der Waals surface area contributed by atoms with Crippen LogP contribution in [0.2, 0.25) is 0 Å². The molecule has 2 N–H and O–H groups in total. The first kappa shape index (κ1) is 18.8. The highest BCUT2D eigenvalue weighted by Crippen LogP contribution is 2.49. The molecule has 1 unspecified atom stereocenters. The maximum absolute atomic E-state index is 9.86. The second-order valence-corrected chi connectivity index (χ2v) is 7.53. The first-order valence-corrected chi connectivity index (χ1v) is 9.49. The van der Waals surface area contributed by atoms with Crippen LogP contribution in [0.4, 0.5) is 0 Å². The Hall–Kier alpha value is -2.94. The van der Waals surface area contributed by atoms with Gasteiger partial charge < -0.3 is 10.3 Å². The van der Waals surface area contributed by atoms with Gasteiger partial charge in [-0.1, -0.05) is 43.7 Å². The van der Waals surface area contributed by atoms with Crippen LogP contribution in [0.1, 0.15) is 25.3 Å². The second-order valence-electron chi connectivity index (χ2n) is 7.53. The molecule has 1 aliphatic carbocycles. The van der Waals surface area contributed by atoms with Crippen LogP contribution in [-0.2, 0) is 6.54 Å².